The summed E-state index contributed by atoms with van der Waals surface area (Å²) < 4.78 is 26.0. The van der Waals surface area contributed by atoms with Crippen molar-refractivity contribution in [1.82, 2.24) is 9.29 Å². The first-order chi connectivity index (χ1) is 9.01. The van der Waals surface area contributed by atoms with E-state index in [4.69, 9.17) is 16.7 Å². The topological polar surface area (TPSA) is 70.5 Å². The van der Waals surface area contributed by atoms with E-state index >= 15 is 0 Å². The molecule has 0 amide bonds. The van der Waals surface area contributed by atoms with Crippen LogP contribution in [-0.4, -0.2) is 42.5 Å². The number of hydrogen-bond donors (Lipinski definition) is 1. The van der Waals surface area contributed by atoms with Crippen molar-refractivity contribution in [3.05, 3.63) is 29.0 Å². The van der Waals surface area contributed by atoms with E-state index in [0.717, 1.165) is 0 Å². The Morgan fingerprint density at radius 2 is 2.05 bits per heavy atom. The van der Waals surface area contributed by atoms with Crippen LogP contribution in [0.1, 0.15) is 18.4 Å². The molecule has 1 aliphatic heterocycles. The highest BCUT2D eigenvalue weighted by Crippen LogP contribution is 2.21. The van der Waals surface area contributed by atoms with Gasteiger partial charge in [-0.1, -0.05) is 17.7 Å². The number of aliphatic hydroxyl groups excluding tert-OH is 1. The summed E-state index contributed by atoms with van der Waals surface area (Å²) in [5.41, 5.74) is 0.633. The van der Waals surface area contributed by atoms with E-state index in [1.807, 2.05) is 0 Å². The van der Waals surface area contributed by atoms with Crippen molar-refractivity contribution < 1.29 is 13.5 Å². The fourth-order valence-electron chi connectivity index (χ4n) is 2.16. The Labute approximate surface area is 118 Å². The Balaban J connectivity index is 2.01. The minimum atomic E-state index is -3.31. The molecule has 1 aromatic rings. The molecule has 2 rings (SSSR count). The van der Waals surface area contributed by atoms with Crippen molar-refractivity contribution in [2.24, 2.45) is 5.92 Å². The van der Waals surface area contributed by atoms with E-state index in [9.17, 15) is 8.42 Å². The Kier molecular flexibility index (Phi) is 4.78. The molecular weight excluding hydrogens is 288 g/mol. The average molecular weight is 305 g/mol. The lowest BCUT2D eigenvalue weighted by atomic mass is 10.00. The zero-order valence-electron chi connectivity index (χ0n) is 10.5. The molecule has 0 bridgehead atoms. The first kappa shape index (κ1) is 14.7. The highest BCUT2D eigenvalue weighted by atomic mass is 35.5. The van der Waals surface area contributed by atoms with Crippen LogP contribution in [-0.2, 0) is 15.8 Å². The lowest BCUT2D eigenvalue weighted by Crippen LogP contribution is -2.39. The van der Waals surface area contributed by atoms with Crippen LogP contribution in [0.4, 0.5) is 0 Å². The van der Waals surface area contributed by atoms with Crippen molar-refractivity contribution in [1.29, 1.82) is 0 Å². The maximum atomic E-state index is 12.2. The van der Waals surface area contributed by atoms with E-state index in [0.29, 0.717) is 36.6 Å². The SMILES string of the molecule is O=S(=O)(Cc1ccc(Cl)nc1)N1CCC(CO)CC1. The second kappa shape index (κ2) is 6.17. The Bertz CT molecular complexity index is 510. The molecule has 1 fully saturated rings. The zero-order chi connectivity index (χ0) is 13.9. The Hall–Kier alpha value is -0.690. The van der Waals surface area contributed by atoms with Gasteiger partial charge in [-0.25, -0.2) is 17.7 Å². The van der Waals surface area contributed by atoms with E-state index in [1.165, 1.54) is 10.5 Å². The van der Waals surface area contributed by atoms with Gasteiger partial charge in [0.1, 0.15) is 5.15 Å². The maximum absolute atomic E-state index is 12.2. The number of sulfonamides is 1. The molecule has 106 valence electrons. The highest BCUT2D eigenvalue weighted by molar-refractivity contribution is 7.88. The maximum Gasteiger partial charge on any atom is 0.218 e. The second-order valence-corrected chi connectivity index (χ2v) is 7.13. The van der Waals surface area contributed by atoms with Gasteiger partial charge in [-0.05, 0) is 30.4 Å². The van der Waals surface area contributed by atoms with Gasteiger partial charge in [-0.3, -0.25) is 0 Å². The van der Waals surface area contributed by atoms with Crippen LogP contribution in [0.25, 0.3) is 0 Å². The second-order valence-electron chi connectivity index (χ2n) is 4.77. The fraction of sp³-hybridized carbons (Fsp3) is 0.583. The van der Waals surface area contributed by atoms with Gasteiger partial charge in [0.15, 0.2) is 0 Å². The van der Waals surface area contributed by atoms with Crippen molar-refractivity contribution in [3.8, 4) is 0 Å². The molecule has 0 atom stereocenters. The van der Waals surface area contributed by atoms with Crippen LogP contribution in [0.2, 0.25) is 5.15 Å². The van der Waals surface area contributed by atoms with Crippen molar-refractivity contribution >= 4 is 21.6 Å². The van der Waals surface area contributed by atoms with Gasteiger partial charge in [0.2, 0.25) is 10.0 Å². The Morgan fingerprint density at radius 1 is 1.37 bits per heavy atom. The third kappa shape index (κ3) is 3.89. The third-order valence-corrected chi connectivity index (χ3v) is 5.44. The van der Waals surface area contributed by atoms with Gasteiger partial charge in [-0.15, -0.1) is 0 Å². The van der Waals surface area contributed by atoms with Gasteiger partial charge >= 0.3 is 0 Å². The summed E-state index contributed by atoms with van der Waals surface area (Å²) in [6.07, 6.45) is 2.92. The van der Waals surface area contributed by atoms with E-state index in [-0.39, 0.29) is 18.3 Å². The van der Waals surface area contributed by atoms with Crippen LogP contribution in [0.3, 0.4) is 0 Å². The summed E-state index contributed by atoms with van der Waals surface area (Å²) in [6, 6.07) is 3.26. The third-order valence-electron chi connectivity index (χ3n) is 3.36. The number of aromatic nitrogens is 1. The first-order valence-corrected chi connectivity index (χ1v) is 8.19. The molecular formula is C12H17ClN2O3S. The van der Waals surface area contributed by atoms with Crippen molar-refractivity contribution in [2.45, 2.75) is 18.6 Å². The number of aliphatic hydroxyl groups is 1. The minimum Gasteiger partial charge on any atom is -0.396 e. The predicted octanol–water partition coefficient (Wildman–Crippen LogP) is 1.27. The largest absolute Gasteiger partial charge is 0.396 e. The summed E-state index contributed by atoms with van der Waals surface area (Å²) in [4.78, 5) is 3.88. The predicted molar refractivity (Wildman–Crippen MR) is 73.3 cm³/mol. The quantitative estimate of drug-likeness (QED) is 0.850. The number of piperidine rings is 1. The molecule has 1 aliphatic rings. The molecule has 1 aromatic heterocycles. The first-order valence-electron chi connectivity index (χ1n) is 6.20. The van der Waals surface area contributed by atoms with Crippen LogP contribution >= 0.6 is 11.6 Å². The van der Waals surface area contributed by atoms with Gasteiger partial charge in [0.25, 0.3) is 0 Å². The molecule has 5 nitrogen and oxygen atoms in total. The minimum absolute atomic E-state index is 0.0546. The van der Waals surface area contributed by atoms with Gasteiger partial charge in [0, 0.05) is 25.9 Å². The van der Waals surface area contributed by atoms with Gasteiger partial charge in [-0.2, -0.15) is 0 Å². The van der Waals surface area contributed by atoms with Crippen LogP contribution in [0.5, 0.6) is 0 Å². The van der Waals surface area contributed by atoms with Gasteiger partial charge in [0.05, 0.1) is 5.75 Å². The molecule has 0 saturated carbocycles. The summed E-state index contributed by atoms with van der Waals surface area (Å²) >= 11 is 5.67. The molecule has 0 unspecified atom stereocenters. The summed E-state index contributed by atoms with van der Waals surface area (Å²) in [7, 11) is -3.31. The summed E-state index contributed by atoms with van der Waals surface area (Å²) in [5, 5.41) is 9.40. The molecule has 0 aliphatic carbocycles. The van der Waals surface area contributed by atoms with Crippen LogP contribution < -0.4 is 0 Å². The Morgan fingerprint density at radius 3 is 2.58 bits per heavy atom. The van der Waals surface area contributed by atoms with Crippen LogP contribution in [0.15, 0.2) is 18.3 Å². The number of hydrogen-bond acceptors (Lipinski definition) is 4. The van der Waals surface area contributed by atoms with Gasteiger partial charge < -0.3 is 5.11 Å². The number of pyridine rings is 1. The lowest BCUT2D eigenvalue weighted by molar-refractivity contribution is 0.170. The molecule has 1 saturated heterocycles. The van der Waals surface area contributed by atoms with Crippen molar-refractivity contribution in [3.63, 3.8) is 0 Å². The lowest BCUT2D eigenvalue weighted by Gasteiger charge is -2.30. The smallest absolute Gasteiger partial charge is 0.218 e. The highest BCUT2D eigenvalue weighted by Gasteiger charge is 2.27. The average Bonchev–Trinajstić information content (AvgIpc) is 2.41. The fourth-order valence-corrected chi connectivity index (χ4v) is 3.82. The molecule has 0 aromatic carbocycles. The normalized spacial score (nSPS) is 18.6. The monoisotopic (exact) mass is 304 g/mol. The summed E-state index contributed by atoms with van der Waals surface area (Å²) in [5.74, 6) is 0.171. The zero-order valence-corrected chi connectivity index (χ0v) is 12.1. The molecule has 1 N–H and O–H groups in total. The summed E-state index contributed by atoms with van der Waals surface area (Å²) in [6.45, 7) is 1.10. The van der Waals surface area contributed by atoms with Crippen LogP contribution in [0, 0.1) is 5.92 Å². The number of rotatable bonds is 4. The molecule has 2 heterocycles. The van der Waals surface area contributed by atoms with E-state index in [2.05, 4.69) is 4.98 Å². The van der Waals surface area contributed by atoms with Crippen molar-refractivity contribution in [2.75, 3.05) is 19.7 Å². The standard InChI is InChI=1S/C12H17ClN2O3S/c13-12-2-1-11(7-14-12)9-19(17,18)15-5-3-10(8-16)4-6-15/h1-2,7,10,16H,3-6,8-9H2. The number of halogens is 1. The molecule has 7 heteroatoms. The number of nitrogens with zero attached hydrogens (tertiary/aromatic N) is 2. The molecule has 19 heavy (non-hydrogen) atoms. The molecule has 0 radical (unpaired) electrons. The molecule has 0 spiro atoms. The van der Waals surface area contributed by atoms with E-state index < -0.39 is 10.0 Å². The van der Waals surface area contributed by atoms with E-state index in [1.54, 1.807) is 12.1 Å².